The van der Waals surface area contributed by atoms with Crippen molar-refractivity contribution < 1.29 is 9.21 Å². The highest BCUT2D eigenvalue weighted by atomic mass is 16.3. The van der Waals surface area contributed by atoms with Crippen LogP contribution in [0.25, 0.3) is 0 Å². The van der Waals surface area contributed by atoms with Crippen LogP contribution in [0.2, 0.25) is 0 Å². The molecule has 3 nitrogen and oxygen atoms in total. The molecule has 1 aliphatic rings. The molecule has 3 heteroatoms. The van der Waals surface area contributed by atoms with Crippen molar-refractivity contribution >= 4 is 5.91 Å². The summed E-state index contributed by atoms with van der Waals surface area (Å²) in [6, 6.07) is 1.98. The van der Waals surface area contributed by atoms with Crippen LogP contribution in [-0.2, 0) is 17.8 Å². The number of furan rings is 1. The molecule has 0 atom stereocenters. The van der Waals surface area contributed by atoms with E-state index in [1.54, 1.807) is 6.26 Å². The molecule has 2 rings (SSSR count). The minimum atomic E-state index is -0.297. The van der Waals surface area contributed by atoms with E-state index in [-0.39, 0.29) is 11.3 Å². The lowest BCUT2D eigenvalue weighted by molar-refractivity contribution is -0.140. The third kappa shape index (κ3) is 2.13. The van der Waals surface area contributed by atoms with Gasteiger partial charge in [0.15, 0.2) is 0 Å². The van der Waals surface area contributed by atoms with Gasteiger partial charge in [-0.05, 0) is 12.5 Å². The summed E-state index contributed by atoms with van der Waals surface area (Å²) < 4.78 is 5.41. The lowest BCUT2D eigenvalue weighted by Crippen LogP contribution is -2.39. The summed E-state index contributed by atoms with van der Waals surface area (Å²) in [7, 11) is 0. The molecule has 16 heavy (non-hydrogen) atoms. The van der Waals surface area contributed by atoms with Crippen LogP contribution in [0, 0.1) is 5.41 Å². The largest absolute Gasteiger partial charge is 0.469 e. The Bertz CT molecular complexity index is 387. The van der Waals surface area contributed by atoms with Gasteiger partial charge in [0, 0.05) is 30.5 Å². The van der Waals surface area contributed by atoms with E-state index in [1.165, 1.54) is 0 Å². The normalized spacial score (nSPS) is 16.8. The van der Waals surface area contributed by atoms with Crippen LogP contribution in [0.1, 0.15) is 38.5 Å². The quantitative estimate of drug-likeness (QED) is 0.674. The van der Waals surface area contributed by atoms with E-state index in [0.29, 0.717) is 6.54 Å². The molecule has 0 spiro atoms. The molecular formula is C13H19NO2. The van der Waals surface area contributed by atoms with Crippen LogP contribution in [0.3, 0.4) is 0 Å². The van der Waals surface area contributed by atoms with E-state index in [2.05, 4.69) is 0 Å². The molecule has 2 heterocycles. The molecule has 1 amide bonds. The Morgan fingerprint density at radius 2 is 2.19 bits per heavy atom. The highest BCUT2D eigenvalue weighted by Gasteiger charge is 2.29. The monoisotopic (exact) mass is 221 g/mol. The Balaban J connectivity index is 2.17. The molecule has 1 aromatic rings. The summed E-state index contributed by atoms with van der Waals surface area (Å²) in [5.74, 6) is 1.27. The summed E-state index contributed by atoms with van der Waals surface area (Å²) in [5, 5.41) is 0. The zero-order valence-corrected chi connectivity index (χ0v) is 10.2. The summed E-state index contributed by atoms with van der Waals surface area (Å²) in [6.45, 7) is 7.44. The highest BCUT2D eigenvalue weighted by Crippen LogP contribution is 2.24. The second kappa shape index (κ2) is 3.96. The van der Waals surface area contributed by atoms with Crippen molar-refractivity contribution in [1.82, 2.24) is 4.90 Å². The predicted octanol–water partition coefficient (Wildman–Crippen LogP) is 2.60. The van der Waals surface area contributed by atoms with Crippen molar-refractivity contribution in [1.29, 1.82) is 0 Å². The van der Waals surface area contributed by atoms with Crippen LogP contribution in [-0.4, -0.2) is 17.4 Å². The van der Waals surface area contributed by atoms with Crippen LogP contribution in [0.5, 0.6) is 0 Å². The molecule has 0 aromatic carbocycles. The standard InChI is InChI=1S/C13H19NO2/c1-13(2,3)12(15)14-7-4-5-11-10(9-14)6-8-16-11/h6,8H,4-5,7,9H2,1-3H3. The van der Waals surface area contributed by atoms with Crippen molar-refractivity contribution in [3.63, 3.8) is 0 Å². The van der Waals surface area contributed by atoms with Gasteiger partial charge in [0.25, 0.3) is 0 Å². The van der Waals surface area contributed by atoms with E-state index >= 15 is 0 Å². The summed E-state index contributed by atoms with van der Waals surface area (Å²) in [5.41, 5.74) is 0.865. The number of hydrogen-bond acceptors (Lipinski definition) is 2. The molecule has 0 saturated heterocycles. The van der Waals surface area contributed by atoms with Crippen molar-refractivity contribution in [2.24, 2.45) is 5.41 Å². The van der Waals surface area contributed by atoms with E-state index in [1.807, 2.05) is 31.7 Å². The van der Waals surface area contributed by atoms with E-state index in [4.69, 9.17) is 4.42 Å². The Labute approximate surface area is 96.4 Å². The van der Waals surface area contributed by atoms with Gasteiger partial charge in [-0.25, -0.2) is 0 Å². The molecule has 1 aliphatic heterocycles. The number of rotatable bonds is 0. The van der Waals surface area contributed by atoms with Gasteiger partial charge in [0.05, 0.1) is 6.26 Å². The molecule has 1 aromatic heterocycles. The topological polar surface area (TPSA) is 33.5 Å². The number of nitrogens with zero attached hydrogens (tertiary/aromatic N) is 1. The maximum atomic E-state index is 12.2. The smallest absolute Gasteiger partial charge is 0.228 e. The number of aryl methyl sites for hydroxylation is 1. The fraction of sp³-hybridized carbons (Fsp3) is 0.615. The van der Waals surface area contributed by atoms with Crippen molar-refractivity contribution in [2.45, 2.75) is 40.2 Å². The van der Waals surface area contributed by atoms with Crippen LogP contribution < -0.4 is 0 Å². The minimum Gasteiger partial charge on any atom is -0.469 e. The van der Waals surface area contributed by atoms with E-state index in [9.17, 15) is 4.79 Å². The second-order valence-electron chi connectivity index (χ2n) is 5.45. The van der Waals surface area contributed by atoms with Crippen molar-refractivity contribution in [2.75, 3.05) is 6.54 Å². The molecule has 0 aliphatic carbocycles. The van der Waals surface area contributed by atoms with Gasteiger partial charge in [-0.2, -0.15) is 0 Å². The zero-order valence-electron chi connectivity index (χ0n) is 10.2. The Morgan fingerprint density at radius 3 is 2.88 bits per heavy atom. The first-order chi connectivity index (χ1) is 7.48. The molecule has 0 N–H and O–H groups in total. The number of hydrogen-bond donors (Lipinski definition) is 0. The van der Waals surface area contributed by atoms with Crippen molar-refractivity contribution in [3.8, 4) is 0 Å². The molecule has 0 bridgehead atoms. The number of carbonyl (C=O) groups excluding carboxylic acids is 1. The minimum absolute atomic E-state index is 0.224. The molecule has 0 fully saturated rings. The van der Waals surface area contributed by atoms with Gasteiger partial charge in [0.2, 0.25) is 5.91 Å². The third-order valence-electron chi connectivity index (χ3n) is 2.96. The van der Waals surface area contributed by atoms with E-state index in [0.717, 1.165) is 30.7 Å². The van der Waals surface area contributed by atoms with Crippen molar-refractivity contribution in [3.05, 3.63) is 23.7 Å². The average Bonchev–Trinajstić information content (AvgIpc) is 2.53. The Hall–Kier alpha value is -1.25. The van der Waals surface area contributed by atoms with Gasteiger partial charge in [-0.3, -0.25) is 4.79 Å². The second-order valence-corrected chi connectivity index (χ2v) is 5.45. The average molecular weight is 221 g/mol. The van der Waals surface area contributed by atoms with Gasteiger partial charge in [-0.15, -0.1) is 0 Å². The highest BCUT2D eigenvalue weighted by molar-refractivity contribution is 5.81. The molecule has 0 radical (unpaired) electrons. The predicted molar refractivity (Wildman–Crippen MR) is 61.9 cm³/mol. The Morgan fingerprint density at radius 1 is 1.44 bits per heavy atom. The number of carbonyl (C=O) groups is 1. The number of fused-ring (bicyclic) bond motifs is 1. The van der Waals surface area contributed by atoms with Gasteiger partial charge in [0.1, 0.15) is 5.76 Å². The van der Waals surface area contributed by atoms with Gasteiger partial charge in [-0.1, -0.05) is 20.8 Å². The third-order valence-corrected chi connectivity index (χ3v) is 2.96. The molecule has 0 unspecified atom stereocenters. The summed E-state index contributed by atoms with van der Waals surface area (Å²) in [4.78, 5) is 14.1. The SMILES string of the molecule is CC(C)(C)C(=O)N1CCCc2occc2C1. The molecule has 88 valence electrons. The Kier molecular flexibility index (Phi) is 2.78. The first-order valence-electron chi connectivity index (χ1n) is 5.83. The summed E-state index contributed by atoms with van der Waals surface area (Å²) in [6.07, 6.45) is 3.65. The van der Waals surface area contributed by atoms with Gasteiger partial charge >= 0.3 is 0 Å². The first-order valence-corrected chi connectivity index (χ1v) is 5.83. The zero-order chi connectivity index (χ0) is 11.8. The maximum absolute atomic E-state index is 12.2. The lowest BCUT2D eigenvalue weighted by atomic mass is 9.94. The van der Waals surface area contributed by atoms with Gasteiger partial charge < -0.3 is 9.32 Å². The van der Waals surface area contributed by atoms with Crippen LogP contribution in [0.15, 0.2) is 16.7 Å². The lowest BCUT2D eigenvalue weighted by Gasteiger charge is -2.28. The van der Waals surface area contributed by atoms with Crippen LogP contribution >= 0.6 is 0 Å². The van der Waals surface area contributed by atoms with E-state index < -0.39 is 0 Å². The maximum Gasteiger partial charge on any atom is 0.228 e. The fourth-order valence-electron chi connectivity index (χ4n) is 2.09. The molecular weight excluding hydrogens is 202 g/mol. The molecule has 0 saturated carbocycles. The van der Waals surface area contributed by atoms with Crippen LogP contribution in [0.4, 0.5) is 0 Å². The first kappa shape index (κ1) is 11.2. The summed E-state index contributed by atoms with van der Waals surface area (Å²) >= 11 is 0. The fourth-order valence-corrected chi connectivity index (χ4v) is 2.09. The number of amides is 1.